The third-order valence-electron chi connectivity index (χ3n) is 3.54. The van der Waals surface area contributed by atoms with E-state index in [0.717, 1.165) is 11.4 Å². The molecule has 0 aliphatic carbocycles. The van der Waals surface area contributed by atoms with E-state index < -0.39 is 5.97 Å². The molecular weight excluding hydrogens is 294 g/mol. The van der Waals surface area contributed by atoms with Crippen LogP contribution in [-0.4, -0.2) is 26.8 Å². The Bertz CT molecular complexity index is 704. The maximum absolute atomic E-state index is 12.1. The minimum atomic E-state index is -0.875. The fourth-order valence-corrected chi connectivity index (χ4v) is 2.54. The van der Waals surface area contributed by atoms with Crippen LogP contribution >= 0.6 is 0 Å². The van der Waals surface area contributed by atoms with E-state index in [2.05, 4.69) is 10.4 Å². The smallest absolute Gasteiger partial charge is 0.307 e. The Hall–Kier alpha value is -2.63. The van der Waals surface area contributed by atoms with E-state index in [1.807, 2.05) is 31.5 Å². The number of aliphatic carboxylic acids is 1. The Labute approximate surface area is 135 Å². The second-order valence-electron chi connectivity index (χ2n) is 5.74. The lowest BCUT2D eigenvalue weighted by molar-refractivity contribution is -0.136. The molecule has 1 atom stereocenters. The van der Waals surface area contributed by atoms with Gasteiger partial charge in [0.05, 0.1) is 18.2 Å². The molecule has 0 spiro atoms. The van der Waals surface area contributed by atoms with Crippen LogP contribution in [0.4, 0.5) is 5.69 Å². The van der Waals surface area contributed by atoms with Gasteiger partial charge in [0.25, 0.3) is 0 Å². The SMILES string of the molecule is Cc1cc(C)n(C(C)CC(=O)Nc2ccc(CC(=O)O)cc2)n1. The molecule has 0 fully saturated rings. The third-order valence-corrected chi connectivity index (χ3v) is 3.54. The molecule has 6 heteroatoms. The number of rotatable bonds is 6. The molecular formula is C17H21N3O3. The van der Waals surface area contributed by atoms with Crippen molar-refractivity contribution in [2.24, 2.45) is 0 Å². The minimum absolute atomic E-state index is 0.0246. The van der Waals surface area contributed by atoms with Gasteiger partial charge < -0.3 is 10.4 Å². The summed E-state index contributed by atoms with van der Waals surface area (Å²) in [6.07, 6.45) is 0.294. The zero-order valence-electron chi connectivity index (χ0n) is 13.5. The summed E-state index contributed by atoms with van der Waals surface area (Å²) in [7, 11) is 0. The van der Waals surface area contributed by atoms with Gasteiger partial charge in [0.2, 0.25) is 5.91 Å². The van der Waals surface area contributed by atoms with Gasteiger partial charge >= 0.3 is 5.97 Å². The zero-order valence-corrected chi connectivity index (χ0v) is 13.5. The number of nitrogens with zero attached hydrogens (tertiary/aromatic N) is 2. The lowest BCUT2D eigenvalue weighted by Crippen LogP contribution is -2.19. The third kappa shape index (κ3) is 4.67. The highest BCUT2D eigenvalue weighted by atomic mass is 16.4. The van der Waals surface area contributed by atoms with Crippen molar-refractivity contribution in [2.45, 2.75) is 39.7 Å². The van der Waals surface area contributed by atoms with Crippen molar-refractivity contribution in [2.75, 3.05) is 5.32 Å². The van der Waals surface area contributed by atoms with Crippen molar-refractivity contribution in [3.63, 3.8) is 0 Å². The van der Waals surface area contributed by atoms with Gasteiger partial charge in [-0.3, -0.25) is 14.3 Å². The van der Waals surface area contributed by atoms with Crippen LogP contribution in [0.25, 0.3) is 0 Å². The van der Waals surface area contributed by atoms with Crippen LogP contribution in [0.1, 0.15) is 36.3 Å². The van der Waals surface area contributed by atoms with Gasteiger partial charge in [0.15, 0.2) is 0 Å². The zero-order chi connectivity index (χ0) is 17.0. The summed E-state index contributed by atoms with van der Waals surface area (Å²) in [6, 6.07) is 8.78. The van der Waals surface area contributed by atoms with E-state index >= 15 is 0 Å². The Morgan fingerprint density at radius 1 is 1.26 bits per heavy atom. The number of benzene rings is 1. The predicted octanol–water partition coefficient (Wildman–Crippen LogP) is 2.72. The minimum Gasteiger partial charge on any atom is -0.481 e. The first-order valence-corrected chi connectivity index (χ1v) is 7.48. The molecule has 0 aliphatic heterocycles. The summed E-state index contributed by atoms with van der Waals surface area (Å²) in [5.74, 6) is -0.975. The Morgan fingerprint density at radius 3 is 2.43 bits per heavy atom. The quantitative estimate of drug-likeness (QED) is 0.858. The van der Waals surface area contributed by atoms with Crippen LogP contribution in [0, 0.1) is 13.8 Å². The average Bonchev–Trinajstić information content (AvgIpc) is 2.79. The summed E-state index contributed by atoms with van der Waals surface area (Å²) >= 11 is 0. The van der Waals surface area contributed by atoms with E-state index in [9.17, 15) is 9.59 Å². The number of hydrogen-bond acceptors (Lipinski definition) is 3. The molecule has 0 aliphatic rings. The maximum atomic E-state index is 12.1. The molecule has 1 aromatic heterocycles. The molecule has 1 unspecified atom stereocenters. The van der Waals surface area contributed by atoms with Gasteiger partial charge in [-0.2, -0.15) is 5.10 Å². The topological polar surface area (TPSA) is 84.2 Å². The summed E-state index contributed by atoms with van der Waals surface area (Å²) in [5.41, 5.74) is 3.32. The number of carboxylic acid groups (broad SMARTS) is 1. The molecule has 2 aromatic rings. The number of carbonyl (C=O) groups is 2. The first kappa shape index (κ1) is 16.7. The van der Waals surface area contributed by atoms with Crippen LogP contribution in [0.3, 0.4) is 0 Å². The van der Waals surface area contributed by atoms with E-state index in [-0.39, 0.29) is 18.4 Å². The van der Waals surface area contributed by atoms with Crippen LogP contribution in [-0.2, 0) is 16.0 Å². The second-order valence-corrected chi connectivity index (χ2v) is 5.74. The Morgan fingerprint density at radius 2 is 1.91 bits per heavy atom. The largest absolute Gasteiger partial charge is 0.481 e. The average molecular weight is 315 g/mol. The molecule has 1 amide bonds. The van der Waals surface area contributed by atoms with Crippen LogP contribution in [0.5, 0.6) is 0 Å². The van der Waals surface area contributed by atoms with E-state index in [1.165, 1.54) is 0 Å². The first-order valence-electron chi connectivity index (χ1n) is 7.48. The number of hydrogen-bond donors (Lipinski definition) is 2. The van der Waals surface area contributed by atoms with Gasteiger partial charge in [-0.25, -0.2) is 0 Å². The number of carbonyl (C=O) groups excluding carboxylic acids is 1. The van der Waals surface area contributed by atoms with Gasteiger partial charge in [-0.05, 0) is 44.5 Å². The van der Waals surface area contributed by atoms with E-state index in [0.29, 0.717) is 17.7 Å². The van der Waals surface area contributed by atoms with Crippen molar-refractivity contribution < 1.29 is 14.7 Å². The van der Waals surface area contributed by atoms with Crippen LogP contribution in [0.15, 0.2) is 30.3 Å². The summed E-state index contributed by atoms with van der Waals surface area (Å²) in [6.45, 7) is 5.85. The molecule has 0 saturated heterocycles. The number of carboxylic acids is 1. The molecule has 122 valence electrons. The van der Waals surface area contributed by atoms with Crippen molar-refractivity contribution in [3.05, 3.63) is 47.3 Å². The molecule has 0 radical (unpaired) electrons. The molecule has 1 aromatic carbocycles. The highest BCUT2D eigenvalue weighted by Crippen LogP contribution is 2.16. The van der Waals surface area contributed by atoms with Crippen molar-refractivity contribution in [1.82, 2.24) is 9.78 Å². The summed E-state index contributed by atoms with van der Waals surface area (Å²) in [4.78, 5) is 22.8. The van der Waals surface area contributed by atoms with E-state index in [4.69, 9.17) is 5.11 Å². The fraction of sp³-hybridized carbons (Fsp3) is 0.353. The summed E-state index contributed by atoms with van der Waals surface area (Å²) in [5, 5.41) is 15.9. The fourth-order valence-electron chi connectivity index (χ4n) is 2.54. The number of aromatic nitrogens is 2. The van der Waals surface area contributed by atoms with Crippen molar-refractivity contribution in [1.29, 1.82) is 0 Å². The number of amides is 1. The van der Waals surface area contributed by atoms with Crippen LogP contribution in [0.2, 0.25) is 0 Å². The maximum Gasteiger partial charge on any atom is 0.307 e. The number of aryl methyl sites for hydroxylation is 2. The molecule has 2 N–H and O–H groups in total. The second kappa shape index (κ2) is 7.09. The van der Waals surface area contributed by atoms with Gasteiger partial charge in [0, 0.05) is 17.8 Å². The standard InChI is InChI=1S/C17H21N3O3/c1-11-8-12(2)20(19-11)13(3)9-16(21)18-15-6-4-14(5-7-15)10-17(22)23/h4-8,13H,9-10H2,1-3H3,(H,18,21)(H,22,23). The Kier molecular flexibility index (Phi) is 5.16. The monoisotopic (exact) mass is 315 g/mol. The number of nitrogens with one attached hydrogen (secondary N) is 1. The first-order chi connectivity index (χ1) is 10.8. The van der Waals surface area contributed by atoms with Gasteiger partial charge in [-0.1, -0.05) is 12.1 Å². The summed E-state index contributed by atoms with van der Waals surface area (Å²) < 4.78 is 1.85. The molecule has 0 bridgehead atoms. The molecule has 2 rings (SSSR count). The van der Waals surface area contributed by atoms with Crippen molar-refractivity contribution in [3.8, 4) is 0 Å². The van der Waals surface area contributed by atoms with Gasteiger partial charge in [-0.15, -0.1) is 0 Å². The lowest BCUT2D eigenvalue weighted by atomic mass is 10.1. The highest BCUT2D eigenvalue weighted by Gasteiger charge is 2.14. The molecule has 6 nitrogen and oxygen atoms in total. The lowest BCUT2D eigenvalue weighted by Gasteiger charge is -2.14. The van der Waals surface area contributed by atoms with E-state index in [1.54, 1.807) is 24.3 Å². The Balaban J connectivity index is 1.94. The van der Waals surface area contributed by atoms with Gasteiger partial charge in [0.1, 0.15) is 0 Å². The number of anilines is 1. The van der Waals surface area contributed by atoms with Crippen LogP contribution < -0.4 is 5.32 Å². The molecule has 0 saturated carbocycles. The van der Waals surface area contributed by atoms with Crippen molar-refractivity contribution >= 4 is 17.6 Å². The normalized spacial score (nSPS) is 12.0. The molecule has 1 heterocycles. The predicted molar refractivity (Wildman–Crippen MR) is 87.4 cm³/mol. The molecule has 23 heavy (non-hydrogen) atoms. The highest BCUT2D eigenvalue weighted by molar-refractivity contribution is 5.91.